The first-order valence-electron chi connectivity index (χ1n) is 8.44. The van der Waals surface area contributed by atoms with Crippen LogP contribution in [0.15, 0.2) is 52.1 Å². The SMILES string of the molecule is Cc1ccc(-n2nc(C(=O)Nc3cccc(C)c3C)c(=O)n(C)c2=O)cc1. The van der Waals surface area contributed by atoms with Crippen molar-refractivity contribution in [1.82, 2.24) is 14.3 Å². The molecule has 0 aliphatic rings. The van der Waals surface area contributed by atoms with Gasteiger partial charge in [0.05, 0.1) is 5.69 Å². The molecule has 0 unspecified atom stereocenters. The molecule has 1 N–H and O–H groups in total. The van der Waals surface area contributed by atoms with Crippen LogP contribution in [0.3, 0.4) is 0 Å². The Morgan fingerprint density at radius 2 is 1.67 bits per heavy atom. The molecular weight excluding hydrogens is 344 g/mol. The molecule has 0 saturated carbocycles. The van der Waals surface area contributed by atoms with Crippen LogP contribution in [0.25, 0.3) is 5.69 Å². The van der Waals surface area contributed by atoms with Gasteiger partial charge in [-0.1, -0.05) is 29.8 Å². The van der Waals surface area contributed by atoms with Crippen LogP contribution in [0.4, 0.5) is 5.69 Å². The smallest absolute Gasteiger partial charge is 0.320 e. The normalized spacial score (nSPS) is 10.7. The highest BCUT2D eigenvalue weighted by atomic mass is 16.2. The second-order valence-electron chi connectivity index (χ2n) is 6.44. The number of nitrogens with zero attached hydrogens (tertiary/aromatic N) is 3. The second-order valence-corrected chi connectivity index (χ2v) is 6.44. The lowest BCUT2D eigenvalue weighted by molar-refractivity contribution is 0.101. The summed E-state index contributed by atoms with van der Waals surface area (Å²) in [6.45, 7) is 5.73. The maximum Gasteiger partial charge on any atom is 0.351 e. The fraction of sp³-hybridized carbons (Fsp3) is 0.200. The van der Waals surface area contributed by atoms with E-state index in [1.54, 1.807) is 18.2 Å². The van der Waals surface area contributed by atoms with Gasteiger partial charge in [-0.3, -0.25) is 14.2 Å². The average Bonchev–Trinajstić information content (AvgIpc) is 2.64. The van der Waals surface area contributed by atoms with E-state index in [-0.39, 0.29) is 5.69 Å². The minimum atomic E-state index is -0.744. The standard InChI is InChI=1S/C20H20N4O3/c1-12-8-10-15(11-9-12)24-20(27)23(4)19(26)17(22-24)18(25)21-16-7-5-6-13(2)14(16)3/h5-11H,1-4H3,(H,21,25). The fourth-order valence-electron chi connectivity index (χ4n) is 2.64. The van der Waals surface area contributed by atoms with Crippen molar-refractivity contribution in [1.29, 1.82) is 0 Å². The van der Waals surface area contributed by atoms with E-state index < -0.39 is 17.2 Å². The van der Waals surface area contributed by atoms with Gasteiger partial charge in [-0.2, -0.15) is 9.78 Å². The Labute approximate surface area is 155 Å². The molecule has 1 heterocycles. The largest absolute Gasteiger partial charge is 0.351 e. The van der Waals surface area contributed by atoms with Crippen molar-refractivity contribution in [2.45, 2.75) is 20.8 Å². The van der Waals surface area contributed by atoms with Crippen molar-refractivity contribution < 1.29 is 4.79 Å². The zero-order valence-electron chi connectivity index (χ0n) is 15.6. The molecule has 0 aliphatic carbocycles. The molecule has 0 aliphatic heterocycles. The zero-order chi connectivity index (χ0) is 19.7. The number of carbonyl (C=O) groups excluding carboxylic acids is 1. The zero-order valence-corrected chi connectivity index (χ0v) is 15.6. The summed E-state index contributed by atoms with van der Waals surface area (Å²) >= 11 is 0. The van der Waals surface area contributed by atoms with E-state index in [0.29, 0.717) is 11.4 Å². The molecule has 7 nitrogen and oxygen atoms in total. The van der Waals surface area contributed by atoms with Crippen LogP contribution in [0.1, 0.15) is 27.2 Å². The maximum atomic E-state index is 12.7. The number of hydrogen-bond acceptors (Lipinski definition) is 4. The van der Waals surface area contributed by atoms with Crippen LogP contribution in [-0.4, -0.2) is 20.3 Å². The van der Waals surface area contributed by atoms with E-state index in [9.17, 15) is 14.4 Å². The summed E-state index contributed by atoms with van der Waals surface area (Å²) in [6.07, 6.45) is 0. The number of hydrogen-bond donors (Lipinski definition) is 1. The van der Waals surface area contributed by atoms with Gasteiger partial charge >= 0.3 is 5.69 Å². The minimum absolute atomic E-state index is 0.349. The molecule has 0 atom stereocenters. The number of aryl methyl sites for hydroxylation is 2. The topological polar surface area (TPSA) is 86.0 Å². The molecule has 7 heteroatoms. The number of anilines is 1. The quantitative estimate of drug-likeness (QED) is 0.771. The third-order valence-electron chi connectivity index (χ3n) is 4.52. The van der Waals surface area contributed by atoms with Crippen LogP contribution in [0, 0.1) is 20.8 Å². The van der Waals surface area contributed by atoms with Crippen molar-refractivity contribution in [3.63, 3.8) is 0 Å². The van der Waals surface area contributed by atoms with Crippen molar-refractivity contribution in [2.24, 2.45) is 7.05 Å². The highest BCUT2D eigenvalue weighted by molar-refractivity contribution is 6.03. The molecule has 27 heavy (non-hydrogen) atoms. The molecule has 3 rings (SSSR count). The Hall–Kier alpha value is -3.48. The van der Waals surface area contributed by atoms with Gasteiger partial charge in [-0.05, 0) is 50.1 Å². The lowest BCUT2D eigenvalue weighted by Crippen LogP contribution is -2.43. The van der Waals surface area contributed by atoms with Crippen molar-refractivity contribution in [2.75, 3.05) is 5.32 Å². The first-order chi connectivity index (χ1) is 12.8. The van der Waals surface area contributed by atoms with E-state index >= 15 is 0 Å². The highest BCUT2D eigenvalue weighted by Gasteiger charge is 2.19. The van der Waals surface area contributed by atoms with Crippen LogP contribution < -0.4 is 16.6 Å². The van der Waals surface area contributed by atoms with Crippen molar-refractivity contribution in [3.05, 3.63) is 85.7 Å². The Bertz CT molecular complexity index is 1140. The second kappa shape index (κ2) is 7.03. The highest BCUT2D eigenvalue weighted by Crippen LogP contribution is 2.18. The van der Waals surface area contributed by atoms with E-state index in [2.05, 4.69) is 10.4 Å². The third kappa shape index (κ3) is 3.44. The van der Waals surface area contributed by atoms with Gasteiger partial charge in [-0.25, -0.2) is 4.79 Å². The summed E-state index contributed by atoms with van der Waals surface area (Å²) in [5.41, 5.74) is 2.29. The fourth-order valence-corrected chi connectivity index (χ4v) is 2.64. The summed E-state index contributed by atoms with van der Waals surface area (Å²) in [4.78, 5) is 37.6. The van der Waals surface area contributed by atoms with Gasteiger partial charge in [0.15, 0.2) is 0 Å². The molecule has 1 aromatic heterocycles. The van der Waals surface area contributed by atoms with Gasteiger partial charge in [0, 0.05) is 12.7 Å². The van der Waals surface area contributed by atoms with E-state index in [1.165, 1.54) is 7.05 Å². The van der Waals surface area contributed by atoms with Gasteiger partial charge in [0.2, 0.25) is 5.69 Å². The number of rotatable bonds is 3. The number of amides is 1. The van der Waals surface area contributed by atoms with Crippen LogP contribution in [0.2, 0.25) is 0 Å². The summed E-state index contributed by atoms with van der Waals surface area (Å²) in [5, 5.41) is 6.75. The van der Waals surface area contributed by atoms with Gasteiger partial charge < -0.3 is 5.32 Å². The maximum absolute atomic E-state index is 12.7. The first-order valence-corrected chi connectivity index (χ1v) is 8.44. The van der Waals surface area contributed by atoms with Gasteiger partial charge in [-0.15, -0.1) is 0 Å². The number of aromatic nitrogens is 3. The molecule has 0 saturated heterocycles. The minimum Gasteiger partial charge on any atom is -0.320 e. The predicted octanol–water partition coefficient (Wildman–Crippen LogP) is 2.11. The summed E-state index contributed by atoms with van der Waals surface area (Å²) in [5.74, 6) is -0.662. The molecule has 0 spiro atoms. The Morgan fingerprint density at radius 1 is 1.00 bits per heavy atom. The Morgan fingerprint density at radius 3 is 2.33 bits per heavy atom. The van der Waals surface area contributed by atoms with Gasteiger partial charge in [0.1, 0.15) is 0 Å². The summed E-state index contributed by atoms with van der Waals surface area (Å²) in [7, 11) is 1.33. The van der Waals surface area contributed by atoms with Crippen LogP contribution in [-0.2, 0) is 7.05 Å². The van der Waals surface area contributed by atoms with Crippen molar-refractivity contribution in [3.8, 4) is 5.69 Å². The third-order valence-corrected chi connectivity index (χ3v) is 4.52. The molecule has 2 aromatic carbocycles. The predicted molar refractivity (Wildman–Crippen MR) is 104 cm³/mol. The molecular formula is C20H20N4O3. The van der Waals surface area contributed by atoms with Crippen LogP contribution >= 0.6 is 0 Å². The lowest BCUT2D eigenvalue weighted by atomic mass is 10.1. The molecule has 1 amide bonds. The average molecular weight is 364 g/mol. The van der Waals surface area contributed by atoms with E-state index in [1.807, 2.05) is 45.0 Å². The van der Waals surface area contributed by atoms with E-state index in [0.717, 1.165) is 25.9 Å². The molecule has 138 valence electrons. The van der Waals surface area contributed by atoms with Gasteiger partial charge in [0.25, 0.3) is 11.5 Å². The number of carbonyl (C=O) groups is 1. The summed E-state index contributed by atoms with van der Waals surface area (Å²) < 4.78 is 1.93. The number of benzene rings is 2. The summed E-state index contributed by atoms with van der Waals surface area (Å²) in [6, 6.07) is 12.6. The molecule has 3 aromatic rings. The Kier molecular flexibility index (Phi) is 4.77. The Balaban J connectivity index is 2.09. The number of nitrogens with one attached hydrogen (secondary N) is 1. The van der Waals surface area contributed by atoms with Crippen molar-refractivity contribution >= 4 is 11.6 Å². The lowest BCUT2D eigenvalue weighted by Gasteiger charge is -2.12. The monoisotopic (exact) mass is 364 g/mol. The first kappa shape index (κ1) is 18.3. The van der Waals surface area contributed by atoms with Crippen LogP contribution in [0.5, 0.6) is 0 Å². The molecule has 0 radical (unpaired) electrons. The molecule has 0 bridgehead atoms. The molecule has 0 fully saturated rings. The van der Waals surface area contributed by atoms with E-state index in [4.69, 9.17) is 0 Å².